The molecule has 1 aliphatic rings. The molecule has 6 aromatic carbocycles. The van der Waals surface area contributed by atoms with Crippen molar-refractivity contribution in [2.45, 2.75) is 113 Å². The van der Waals surface area contributed by atoms with Gasteiger partial charge in [0.05, 0.1) is 0 Å². The number of hydrogen-bond acceptors (Lipinski definition) is 0. The summed E-state index contributed by atoms with van der Waals surface area (Å²) in [4.78, 5) is 0. The summed E-state index contributed by atoms with van der Waals surface area (Å²) in [5.74, 6) is 0. The Morgan fingerprint density at radius 1 is 0.403 bits per heavy atom. The normalized spacial score (nSPS) is 14.6. The standard InChI is InChI=1S/C57H63Si.3ClH.Ti/c1-11-42-26-43(12-2)30-51(29-42)48-20-17-23-54(35-48)58(57(10)38-39(7)40(8)41(57)9,55-24-18-21-49(36-55)52-31-44(13-3)27-45(14-4)32-52)56-25-19-22-50(37-56)53-33-46(15-5)28-47(16-6)34-53;;;;/h17-37H,11-16H2,1-10H3;3*1H;/q-1;;;;+4/p-3. The van der Waals surface area contributed by atoms with Crippen LogP contribution in [0, 0.1) is 6.08 Å². The SMILES string of the molecule is CCc1cc(CC)cc(-c2cccc([Si](c3cccc(-c4cc(CC)cc(CC)c4)c3)(c3cccc(-c4cc(CC)cc(CC)c4)c3)C3(C)[C-]=C(C)C(C)=C3C)c2)c1.[Cl-].[Cl-].[Cl-].[Ti+4]. The second-order valence-electron chi connectivity index (χ2n) is 16.9. The van der Waals surface area contributed by atoms with E-state index in [2.05, 4.69) is 203 Å². The van der Waals surface area contributed by atoms with Gasteiger partial charge in [0.2, 0.25) is 0 Å². The van der Waals surface area contributed by atoms with Gasteiger partial charge >= 0.3 is 21.7 Å². The van der Waals surface area contributed by atoms with Crippen LogP contribution in [0.1, 0.15) is 103 Å². The monoisotopic (exact) mass is 928 g/mol. The van der Waals surface area contributed by atoms with Crippen LogP contribution in [-0.2, 0) is 60.2 Å². The van der Waals surface area contributed by atoms with Crippen molar-refractivity contribution in [1.82, 2.24) is 0 Å². The summed E-state index contributed by atoms with van der Waals surface area (Å²) in [6.07, 6.45) is 10.4. The topological polar surface area (TPSA) is 0 Å². The van der Waals surface area contributed by atoms with E-state index in [0.29, 0.717) is 0 Å². The minimum Gasteiger partial charge on any atom is -1.00 e. The van der Waals surface area contributed by atoms with Crippen LogP contribution in [0.4, 0.5) is 0 Å². The van der Waals surface area contributed by atoms with Gasteiger partial charge in [0.15, 0.2) is 0 Å². The van der Waals surface area contributed by atoms with Crippen LogP contribution in [0.15, 0.2) is 144 Å². The van der Waals surface area contributed by atoms with Crippen molar-refractivity contribution in [3.05, 3.63) is 184 Å². The van der Waals surface area contributed by atoms with Gasteiger partial charge in [-0.15, -0.1) is 6.92 Å². The van der Waals surface area contributed by atoms with Crippen molar-refractivity contribution in [3.8, 4) is 33.4 Å². The molecule has 0 saturated carbocycles. The number of rotatable bonds is 13. The summed E-state index contributed by atoms with van der Waals surface area (Å²) in [5, 5.41) is 3.90. The van der Waals surface area contributed by atoms with Crippen LogP contribution >= 0.6 is 0 Å². The summed E-state index contributed by atoms with van der Waals surface area (Å²) in [7, 11) is -3.08. The molecule has 0 N–H and O–H groups in total. The Bertz CT molecular complexity index is 2240. The first kappa shape index (κ1) is 52.9. The van der Waals surface area contributed by atoms with Gasteiger partial charge in [-0.3, -0.25) is 6.08 Å². The van der Waals surface area contributed by atoms with Crippen molar-refractivity contribution in [1.29, 1.82) is 0 Å². The Balaban J connectivity index is 0.00000256. The summed E-state index contributed by atoms with van der Waals surface area (Å²) < 4.78 is 0. The van der Waals surface area contributed by atoms with Gasteiger partial charge in [-0.1, -0.05) is 195 Å². The molecule has 0 amide bonds. The van der Waals surface area contributed by atoms with Crippen molar-refractivity contribution >= 4 is 23.6 Å². The van der Waals surface area contributed by atoms with Gasteiger partial charge in [-0.05, 0) is 121 Å². The van der Waals surface area contributed by atoms with Gasteiger partial charge in [0.1, 0.15) is 8.07 Å². The first-order chi connectivity index (χ1) is 28.0. The zero-order valence-corrected chi connectivity index (χ0v) is 43.3. The third kappa shape index (κ3) is 9.95. The predicted molar refractivity (Wildman–Crippen MR) is 256 cm³/mol. The molecule has 1 atom stereocenters. The Morgan fingerprint density at radius 3 is 0.903 bits per heavy atom. The number of hydrogen-bond donors (Lipinski definition) is 0. The van der Waals surface area contributed by atoms with E-state index >= 15 is 0 Å². The average Bonchev–Trinajstić information content (AvgIpc) is 3.48. The van der Waals surface area contributed by atoms with E-state index in [1.807, 2.05) is 0 Å². The van der Waals surface area contributed by atoms with E-state index in [9.17, 15) is 0 Å². The molecule has 0 nitrogen and oxygen atoms in total. The van der Waals surface area contributed by atoms with Gasteiger partial charge < -0.3 is 37.2 Å². The van der Waals surface area contributed by atoms with Crippen molar-refractivity contribution in [2.75, 3.05) is 0 Å². The number of aryl methyl sites for hydroxylation is 6. The van der Waals surface area contributed by atoms with Crippen molar-refractivity contribution in [3.63, 3.8) is 0 Å². The minimum absolute atomic E-state index is 0. The van der Waals surface area contributed by atoms with E-state index in [4.69, 9.17) is 0 Å². The van der Waals surface area contributed by atoms with Crippen LogP contribution in [0.5, 0.6) is 0 Å². The van der Waals surface area contributed by atoms with Gasteiger partial charge in [-0.2, -0.15) is 11.1 Å². The van der Waals surface area contributed by atoms with Crippen LogP contribution in [0.25, 0.3) is 33.4 Å². The average molecular weight is 930 g/mol. The van der Waals surface area contributed by atoms with E-state index in [1.165, 1.54) is 99.0 Å². The molecular formula is C57H63Cl3SiTi. The largest absolute Gasteiger partial charge is 4.00 e. The van der Waals surface area contributed by atoms with Gasteiger partial charge in [-0.25, -0.2) is 5.57 Å². The molecule has 0 heterocycles. The third-order valence-corrected chi connectivity index (χ3v) is 19.1. The van der Waals surface area contributed by atoms with Crippen LogP contribution < -0.4 is 52.8 Å². The molecule has 0 radical (unpaired) electrons. The Labute approximate surface area is 409 Å². The molecule has 5 heteroatoms. The van der Waals surface area contributed by atoms with Gasteiger partial charge in [0.25, 0.3) is 0 Å². The van der Waals surface area contributed by atoms with E-state index in [1.54, 1.807) is 0 Å². The number of benzene rings is 6. The number of allylic oxidation sites excluding steroid dienone is 4. The maximum atomic E-state index is 4.26. The summed E-state index contributed by atoms with van der Waals surface area (Å²) in [6.45, 7) is 23.2. The first-order valence-electron chi connectivity index (χ1n) is 22.0. The molecule has 320 valence electrons. The summed E-state index contributed by atoms with van der Waals surface area (Å²) >= 11 is 0. The molecule has 0 fully saturated rings. The molecule has 1 aliphatic carbocycles. The fourth-order valence-corrected chi connectivity index (χ4v) is 15.8. The summed E-state index contributed by atoms with van der Waals surface area (Å²) in [5.41, 5.74) is 20.3. The van der Waals surface area contributed by atoms with Crippen LogP contribution in [0.3, 0.4) is 0 Å². The molecule has 62 heavy (non-hydrogen) atoms. The van der Waals surface area contributed by atoms with Crippen molar-refractivity contribution < 1.29 is 58.9 Å². The Hall–Kier alpha value is -3.40. The zero-order valence-electron chi connectivity index (χ0n) is 38.5. The quantitative estimate of drug-likeness (QED) is 0.0917. The Kier molecular flexibility index (Phi) is 19.2. The molecule has 0 saturated heterocycles. The number of halogens is 3. The maximum absolute atomic E-state index is 4.26. The van der Waals surface area contributed by atoms with Gasteiger partial charge in [0, 0.05) is 0 Å². The molecule has 0 aliphatic heterocycles. The molecule has 0 aromatic heterocycles. The molecule has 7 rings (SSSR count). The maximum Gasteiger partial charge on any atom is 4.00 e. The van der Waals surface area contributed by atoms with E-state index < -0.39 is 8.07 Å². The van der Waals surface area contributed by atoms with Crippen LogP contribution in [0.2, 0.25) is 5.04 Å². The fourth-order valence-electron chi connectivity index (χ4n) is 9.77. The first-order valence-corrected chi connectivity index (χ1v) is 24.0. The minimum atomic E-state index is -3.08. The predicted octanol–water partition coefficient (Wildman–Crippen LogP) is 4.40. The van der Waals surface area contributed by atoms with Crippen LogP contribution in [-0.4, -0.2) is 8.07 Å². The molecule has 0 spiro atoms. The molecule has 0 bridgehead atoms. The van der Waals surface area contributed by atoms with Crippen molar-refractivity contribution in [2.24, 2.45) is 0 Å². The molecular weight excluding hydrogens is 867 g/mol. The third-order valence-electron chi connectivity index (χ3n) is 13.6. The summed E-state index contributed by atoms with van der Waals surface area (Å²) in [6, 6.07) is 50.8. The molecule has 6 aromatic rings. The Morgan fingerprint density at radius 2 is 0.677 bits per heavy atom. The fraction of sp³-hybridized carbons (Fsp3) is 0.298. The van der Waals surface area contributed by atoms with E-state index in [-0.39, 0.29) is 64.0 Å². The second-order valence-corrected chi connectivity index (χ2v) is 21.1. The molecule has 1 unspecified atom stereocenters. The zero-order chi connectivity index (χ0) is 41.2. The second kappa shape index (κ2) is 22.5. The smallest absolute Gasteiger partial charge is 1.00 e. The van der Waals surface area contributed by atoms with E-state index in [0.717, 1.165) is 38.5 Å².